The first-order valence-corrected chi connectivity index (χ1v) is 13.9. The van der Waals surface area contributed by atoms with Gasteiger partial charge in [-0.15, -0.1) is 5.10 Å². The molecule has 0 radical (unpaired) electrons. The topological polar surface area (TPSA) is 82.9 Å². The van der Waals surface area contributed by atoms with Crippen molar-refractivity contribution in [1.82, 2.24) is 9.78 Å². The number of ether oxygens (including phenoxy) is 1. The van der Waals surface area contributed by atoms with E-state index in [4.69, 9.17) is 19.1 Å². The van der Waals surface area contributed by atoms with Crippen molar-refractivity contribution in [3.05, 3.63) is 36.0 Å². The Hall–Kier alpha value is -2.65. The number of aromatic nitrogens is 2. The minimum absolute atomic E-state index is 0.0267. The van der Waals surface area contributed by atoms with E-state index >= 15 is 0 Å². The second-order valence-electron chi connectivity index (χ2n) is 12.0. The van der Waals surface area contributed by atoms with Gasteiger partial charge in [-0.3, -0.25) is 9.69 Å². The Labute approximate surface area is 227 Å². The second kappa shape index (κ2) is 10.8. The molecule has 1 aliphatic carbocycles. The lowest BCUT2D eigenvalue weighted by Crippen LogP contribution is -2.43. The minimum Gasteiger partial charge on any atom is -0.462 e. The molecule has 0 atom stereocenters. The quantitative estimate of drug-likeness (QED) is 0.379. The fourth-order valence-electron chi connectivity index (χ4n) is 5.10. The molecule has 1 saturated heterocycles. The number of nitrogens with zero attached hydrogens (tertiary/aromatic N) is 3. The standard InChI is InChI=1S/C29H42BN3O5/c1-9-36-27(35)24-18-32(23-16-14-22(15-17-23)30-37-28(5,6)29(7,8)38-30)31-25(24)33(19(2)3)26(34)21-12-10-20(4)11-13-21/h14-21H,9-13H2,1-8H3/t20-,21-. The van der Waals surface area contributed by atoms with Crippen molar-refractivity contribution in [3.8, 4) is 5.69 Å². The first kappa shape index (κ1) is 28.4. The number of esters is 1. The van der Waals surface area contributed by atoms with Crippen molar-refractivity contribution < 1.29 is 23.6 Å². The van der Waals surface area contributed by atoms with E-state index in [1.807, 2.05) is 65.8 Å². The lowest BCUT2D eigenvalue weighted by Gasteiger charge is -2.32. The van der Waals surface area contributed by atoms with Gasteiger partial charge in [0.05, 0.1) is 23.5 Å². The molecule has 1 amide bonds. The van der Waals surface area contributed by atoms with Gasteiger partial charge in [0, 0.05) is 18.2 Å². The fourth-order valence-corrected chi connectivity index (χ4v) is 5.10. The number of benzene rings is 1. The maximum atomic E-state index is 13.7. The summed E-state index contributed by atoms with van der Waals surface area (Å²) in [7, 11) is -0.468. The summed E-state index contributed by atoms with van der Waals surface area (Å²) in [5.74, 6) is 0.461. The zero-order chi connectivity index (χ0) is 27.8. The highest BCUT2D eigenvalue weighted by atomic mass is 16.7. The largest absolute Gasteiger partial charge is 0.494 e. The zero-order valence-electron chi connectivity index (χ0n) is 24.1. The Bertz CT molecular complexity index is 1130. The molecule has 4 rings (SSSR count). The first-order chi connectivity index (χ1) is 17.8. The summed E-state index contributed by atoms with van der Waals surface area (Å²) in [4.78, 5) is 28.4. The number of carbonyl (C=O) groups is 2. The van der Waals surface area contributed by atoms with Gasteiger partial charge in [0.1, 0.15) is 5.56 Å². The third-order valence-corrected chi connectivity index (χ3v) is 8.22. The number of rotatable bonds is 7. The van der Waals surface area contributed by atoms with Gasteiger partial charge in [-0.1, -0.05) is 19.1 Å². The first-order valence-electron chi connectivity index (χ1n) is 13.9. The third kappa shape index (κ3) is 5.54. The molecule has 2 fully saturated rings. The molecule has 1 aliphatic heterocycles. The molecule has 38 heavy (non-hydrogen) atoms. The summed E-state index contributed by atoms with van der Waals surface area (Å²) in [6, 6.07) is 7.55. The molecule has 0 spiro atoms. The Morgan fingerprint density at radius 1 is 1.08 bits per heavy atom. The Morgan fingerprint density at radius 2 is 1.66 bits per heavy atom. The fraction of sp³-hybridized carbons (Fsp3) is 0.621. The monoisotopic (exact) mass is 523 g/mol. The smallest absolute Gasteiger partial charge is 0.462 e. The molecule has 206 valence electrons. The van der Waals surface area contributed by atoms with Crippen molar-refractivity contribution in [1.29, 1.82) is 0 Å². The molecular weight excluding hydrogens is 481 g/mol. The van der Waals surface area contributed by atoms with E-state index in [2.05, 4.69) is 6.92 Å². The summed E-state index contributed by atoms with van der Waals surface area (Å²) in [5.41, 5.74) is 1.09. The maximum absolute atomic E-state index is 13.7. The van der Waals surface area contributed by atoms with Crippen LogP contribution in [0.3, 0.4) is 0 Å². The zero-order valence-corrected chi connectivity index (χ0v) is 24.1. The van der Waals surface area contributed by atoms with Crippen molar-refractivity contribution in [3.63, 3.8) is 0 Å². The second-order valence-corrected chi connectivity index (χ2v) is 12.0. The molecular formula is C29H42BN3O5. The highest BCUT2D eigenvalue weighted by Gasteiger charge is 2.51. The van der Waals surface area contributed by atoms with Crippen LogP contribution < -0.4 is 10.4 Å². The summed E-state index contributed by atoms with van der Waals surface area (Å²) in [6.45, 7) is 16.3. The van der Waals surface area contributed by atoms with Crippen LogP contribution in [0.1, 0.15) is 91.4 Å². The van der Waals surface area contributed by atoms with E-state index in [-0.39, 0.29) is 30.0 Å². The number of anilines is 1. The lowest BCUT2D eigenvalue weighted by molar-refractivity contribution is -0.124. The maximum Gasteiger partial charge on any atom is 0.494 e. The lowest BCUT2D eigenvalue weighted by atomic mass is 9.79. The summed E-state index contributed by atoms with van der Waals surface area (Å²) >= 11 is 0. The van der Waals surface area contributed by atoms with Crippen LogP contribution in [-0.2, 0) is 18.8 Å². The van der Waals surface area contributed by atoms with Crippen molar-refractivity contribution in [2.24, 2.45) is 11.8 Å². The predicted octanol–water partition coefficient (Wildman–Crippen LogP) is 4.92. The Balaban J connectivity index is 1.65. The van der Waals surface area contributed by atoms with E-state index in [0.717, 1.165) is 36.8 Å². The molecule has 1 saturated carbocycles. The molecule has 2 aromatic rings. The summed E-state index contributed by atoms with van der Waals surface area (Å²) < 4.78 is 19.3. The van der Waals surface area contributed by atoms with Crippen LogP contribution in [0.5, 0.6) is 0 Å². The van der Waals surface area contributed by atoms with Gasteiger partial charge in [-0.25, -0.2) is 9.48 Å². The number of hydrogen-bond donors (Lipinski definition) is 0. The van der Waals surface area contributed by atoms with Crippen LogP contribution in [0.2, 0.25) is 0 Å². The average Bonchev–Trinajstić information content (AvgIpc) is 3.37. The molecule has 8 nitrogen and oxygen atoms in total. The van der Waals surface area contributed by atoms with E-state index in [1.54, 1.807) is 22.7 Å². The number of hydrogen-bond acceptors (Lipinski definition) is 6. The van der Waals surface area contributed by atoms with E-state index in [9.17, 15) is 9.59 Å². The Kier molecular flexibility index (Phi) is 8.10. The third-order valence-electron chi connectivity index (χ3n) is 8.22. The van der Waals surface area contributed by atoms with Crippen LogP contribution in [0.15, 0.2) is 30.5 Å². The van der Waals surface area contributed by atoms with E-state index < -0.39 is 24.3 Å². The molecule has 0 N–H and O–H groups in total. The molecule has 9 heteroatoms. The Morgan fingerprint density at radius 3 is 2.18 bits per heavy atom. The van der Waals surface area contributed by atoms with Gasteiger partial charge in [-0.05, 0) is 97.7 Å². The molecule has 2 aliphatic rings. The number of carbonyl (C=O) groups excluding carboxylic acids is 2. The van der Waals surface area contributed by atoms with Crippen LogP contribution in [0, 0.1) is 11.8 Å². The van der Waals surface area contributed by atoms with Gasteiger partial charge < -0.3 is 14.0 Å². The minimum atomic E-state index is -0.488. The molecule has 0 bridgehead atoms. The molecule has 1 aromatic carbocycles. The van der Waals surface area contributed by atoms with E-state index in [0.29, 0.717) is 11.7 Å². The van der Waals surface area contributed by atoms with Gasteiger partial charge in [0.2, 0.25) is 5.91 Å². The average molecular weight is 523 g/mol. The van der Waals surface area contributed by atoms with Crippen LogP contribution >= 0.6 is 0 Å². The molecule has 2 heterocycles. The van der Waals surface area contributed by atoms with Gasteiger partial charge in [-0.2, -0.15) is 0 Å². The number of amides is 1. The van der Waals surface area contributed by atoms with Gasteiger partial charge in [0.25, 0.3) is 0 Å². The molecule has 0 unspecified atom stereocenters. The highest BCUT2D eigenvalue weighted by molar-refractivity contribution is 6.62. The van der Waals surface area contributed by atoms with Crippen LogP contribution in [0.25, 0.3) is 5.69 Å². The normalized spacial score (nSPS) is 22.5. The van der Waals surface area contributed by atoms with E-state index in [1.165, 1.54) is 0 Å². The SMILES string of the molecule is CCOC(=O)c1cn(-c2ccc(B3OC(C)(C)C(C)(C)O3)cc2)nc1N(C(=O)[C@H]1CC[C@H](C)CC1)C(C)C. The van der Waals surface area contributed by atoms with Crippen molar-refractivity contribution in [2.45, 2.75) is 98.3 Å². The van der Waals surface area contributed by atoms with Crippen LogP contribution in [0.4, 0.5) is 5.82 Å². The predicted molar refractivity (Wildman–Crippen MR) is 149 cm³/mol. The summed E-state index contributed by atoms with van der Waals surface area (Å²) in [5, 5.41) is 4.77. The summed E-state index contributed by atoms with van der Waals surface area (Å²) in [6.07, 6.45) is 5.45. The van der Waals surface area contributed by atoms with Crippen molar-refractivity contribution >= 4 is 30.3 Å². The van der Waals surface area contributed by atoms with Gasteiger partial charge >= 0.3 is 13.1 Å². The van der Waals surface area contributed by atoms with Crippen LogP contribution in [-0.4, -0.2) is 52.6 Å². The van der Waals surface area contributed by atoms with Crippen molar-refractivity contribution in [2.75, 3.05) is 11.5 Å². The van der Waals surface area contributed by atoms with Gasteiger partial charge in [0.15, 0.2) is 5.82 Å². The highest BCUT2D eigenvalue weighted by Crippen LogP contribution is 2.37. The molecule has 1 aromatic heterocycles.